The maximum atomic E-state index is 11.3. The molecule has 0 aliphatic carbocycles. The second-order valence-electron chi connectivity index (χ2n) is 6.17. The number of hydrogen-bond donors (Lipinski definition) is 1. The maximum absolute atomic E-state index is 11.3. The lowest BCUT2D eigenvalue weighted by Crippen LogP contribution is -2.52. The molecule has 3 rings (SSSR count). The second kappa shape index (κ2) is 5.38. The molecule has 0 radical (unpaired) electrons. The zero-order chi connectivity index (χ0) is 13.4. The number of ether oxygens (including phenoxy) is 1. The van der Waals surface area contributed by atoms with Crippen LogP contribution in [0.5, 0.6) is 0 Å². The number of nitrogens with zero attached hydrogens (tertiary/aromatic N) is 2. The zero-order valence-corrected chi connectivity index (χ0v) is 11.6. The first-order valence-electron chi connectivity index (χ1n) is 7.45. The fourth-order valence-electron chi connectivity index (χ4n) is 4.12. The molecule has 0 spiro atoms. The van der Waals surface area contributed by atoms with E-state index >= 15 is 0 Å². The Hall–Kier alpha value is -0.650. The van der Waals surface area contributed by atoms with Gasteiger partial charge in [-0.15, -0.1) is 0 Å². The molecule has 0 aromatic rings. The highest BCUT2D eigenvalue weighted by Gasteiger charge is 2.44. The van der Waals surface area contributed by atoms with Crippen LogP contribution in [-0.2, 0) is 9.53 Å². The van der Waals surface area contributed by atoms with Gasteiger partial charge in [0, 0.05) is 24.7 Å². The Morgan fingerprint density at radius 1 is 1.21 bits per heavy atom. The highest BCUT2D eigenvalue weighted by atomic mass is 16.5. The highest BCUT2D eigenvalue weighted by molar-refractivity contribution is 5.71. The van der Waals surface area contributed by atoms with Crippen LogP contribution in [0.25, 0.3) is 0 Å². The molecule has 4 atom stereocenters. The molecule has 0 bridgehead atoms. The number of likely N-dealkylation sites (N-methyl/N-ethyl adjacent to an activating group) is 1. The molecule has 0 amide bonds. The van der Waals surface area contributed by atoms with Crippen LogP contribution < -0.4 is 0 Å². The molecular formula is C14H24N2O3. The first-order valence-corrected chi connectivity index (χ1v) is 7.45. The number of carboxylic acid groups (broad SMARTS) is 1. The predicted molar refractivity (Wildman–Crippen MR) is 71.1 cm³/mol. The van der Waals surface area contributed by atoms with Crippen LogP contribution in [-0.4, -0.2) is 72.4 Å². The van der Waals surface area contributed by atoms with Crippen LogP contribution >= 0.6 is 0 Å². The van der Waals surface area contributed by atoms with E-state index in [0.717, 1.165) is 0 Å². The summed E-state index contributed by atoms with van der Waals surface area (Å²) in [6, 6.07) is 1.19. The molecular weight excluding hydrogens is 244 g/mol. The van der Waals surface area contributed by atoms with Crippen LogP contribution in [0.3, 0.4) is 0 Å². The van der Waals surface area contributed by atoms with Crippen LogP contribution in [0.15, 0.2) is 0 Å². The third kappa shape index (κ3) is 2.39. The molecule has 5 heteroatoms. The monoisotopic (exact) mass is 268 g/mol. The summed E-state index contributed by atoms with van der Waals surface area (Å²) in [6.45, 7) is 3.33. The number of rotatable bonds is 3. The fraction of sp³-hybridized carbons (Fsp3) is 0.929. The van der Waals surface area contributed by atoms with E-state index in [0.29, 0.717) is 25.3 Å². The molecule has 108 valence electrons. The van der Waals surface area contributed by atoms with Crippen molar-refractivity contribution < 1.29 is 14.6 Å². The van der Waals surface area contributed by atoms with Gasteiger partial charge in [-0.1, -0.05) is 6.42 Å². The highest BCUT2D eigenvalue weighted by Crippen LogP contribution is 2.32. The molecule has 3 fully saturated rings. The molecule has 3 heterocycles. The summed E-state index contributed by atoms with van der Waals surface area (Å²) in [7, 11) is 2.10. The topological polar surface area (TPSA) is 53.0 Å². The third-order valence-electron chi connectivity index (χ3n) is 5.23. The average Bonchev–Trinajstić information content (AvgIpc) is 3.05. The standard InChI is InChI=1S/C14H24N2O3/c1-15(13-9-19-8-10(13)14(17)18)11-5-7-16-6-3-2-4-12(11)16/h10-13H,2-9H2,1H3,(H,17,18). The van der Waals surface area contributed by atoms with Gasteiger partial charge in [0.1, 0.15) is 0 Å². The molecule has 0 aromatic carbocycles. The lowest BCUT2D eigenvalue weighted by atomic mass is 9.94. The van der Waals surface area contributed by atoms with Crippen molar-refractivity contribution in [1.82, 2.24) is 9.80 Å². The zero-order valence-electron chi connectivity index (χ0n) is 11.6. The minimum atomic E-state index is -0.715. The van der Waals surface area contributed by atoms with Crippen LogP contribution in [0.2, 0.25) is 0 Å². The average molecular weight is 268 g/mol. The molecule has 1 N–H and O–H groups in total. The van der Waals surface area contributed by atoms with Crippen molar-refractivity contribution in [3.63, 3.8) is 0 Å². The van der Waals surface area contributed by atoms with E-state index in [2.05, 4.69) is 16.8 Å². The normalized spacial score (nSPS) is 39.7. The third-order valence-corrected chi connectivity index (χ3v) is 5.23. The number of hydrogen-bond acceptors (Lipinski definition) is 4. The Morgan fingerprint density at radius 3 is 2.84 bits per heavy atom. The number of fused-ring (bicyclic) bond motifs is 1. The number of carbonyl (C=O) groups is 1. The van der Waals surface area contributed by atoms with E-state index in [9.17, 15) is 9.90 Å². The van der Waals surface area contributed by atoms with Crippen molar-refractivity contribution in [3.8, 4) is 0 Å². The first kappa shape index (κ1) is 13.3. The number of aliphatic carboxylic acids is 1. The predicted octanol–water partition coefficient (Wildman–Crippen LogP) is 0.645. The summed E-state index contributed by atoms with van der Waals surface area (Å²) in [5.41, 5.74) is 0. The summed E-state index contributed by atoms with van der Waals surface area (Å²) in [4.78, 5) is 16.2. The minimum Gasteiger partial charge on any atom is -0.481 e. The lowest BCUT2D eigenvalue weighted by molar-refractivity contribution is -0.143. The fourth-order valence-corrected chi connectivity index (χ4v) is 4.12. The van der Waals surface area contributed by atoms with Crippen molar-refractivity contribution in [1.29, 1.82) is 0 Å². The quantitative estimate of drug-likeness (QED) is 0.814. The Kier molecular flexibility index (Phi) is 3.78. The van der Waals surface area contributed by atoms with Gasteiger partial charge in [-0.2, -0.15) is 0 Å². The van der Waals surface area contributed by atoms with Crippen molar-refractivity contribution in [2.75, 3.05) is 33.4 Å². The van der Waals surface area contributed by atoms with Gasteiger partial charge in [0.15, 0.2) is 0 Å². The maximum Gasteiger partial charge on any atom is 0.310 e. The first-order chi connectivity index (χ1) is 9.18. The molecule has 3 saturated heterocycles. The molecule has 3 aliphatic heterocycles. The van der Waals surface area contributed by atoms with Gasteiger partial charge < -0.3 is 9.84 Å². The van der Waals surface area contributed by atoms with E-state index in [1.54, 1.807) is 0 Å². The summed E-state index contributed by atoms with van der Waals surface area (Å²) in [5, 5.41) is 9.29. The Morgan fingerprint density at radius 2 is 2.05 bits per heavy atom. The summed E-state index contributed by atoms with van der Waals surface area (Å²) >= 11 is 0. The van der Waals surface area contributed by atoms with Gasteiger partial charge in [-0.3, -0.25) is 14.6 Å². The van der Waals surface area contributed by atoms with E-state index in [1.807, 2.05) is 0 Å². The molecule has 0 aromatic heterocycles. The molecule has 3 aliphatic rings. The van der Waals surface area contributed by atoms with Crippen LogP contribution in [0.1, 0.15) is 25.7 Å². The van der Waals surface area contributed by atoms with Gasteiger partial charge in [-0.25, -0.2) is 0 Å². The molecule has 19 heavy (non-hydrogen) atoms. The van der Waals surface area contributed by atoms with Gasteiger partial charge in [0.2, 0.25) is 0 Å². The van der Waals surface area contributed by atoms with E-state index in [-0.39, 0.29) is 12.0 Å². The smallest absolute Gasteiger partial charge is 0.310 e. The van der Waals surface area contributed by atoms with Crippen LogP contribution in [0, 0.1) is 5.92 Å². The van der Waals surface area contributed by atoms with Crippen molar-refractivity contribution >= 4 is 5.97 Å². The SMILES string of the molecule is CN(C1COCC1C(=O)O)C1CCN2CCCCC12. The molecule has 5 nitrogen and oxygen atoms in total. The summed E-state index contributed by atoms with van der Waals surface area (Å²) in [6.07, 6.45) is 5.07. The number of piperidine rings is 1. The lowest BCUT2D eigenvalue weighted by Gasteiger charge is -2.39. The van der Waals surface area contributed by atoms with E-state index in [4.69, 9.17) is 4.74 Å². The minimum absolute atomic E-state index is 0.0457. The van der Waals surface area contributed by atoms with Gasteiger partial charge >= 0.3 is 5.97 Å². The van der Waals surface area contributed by atoms with E-state index < -0.39 is 5.97 Å². The Bertz CT molecular complexity index is 350. The Balaban J connectivity index is 1.69. The number of carboxylic acids is 1. The summed E-state index contributed by atoms with van der Waals surface area (Å²) in [5.74, 6) is -1.07. The molecule has 4 unspecified atom stereocenters. The van der Waals surface area contributed by atoms with Crippen molar-refractivity contribution in [2.45, 2.75) is 43.8 Å². The van der Waals surface area contributed by atoms with E-state index in [1.165, 1.54) is 38.8 Å². The van der Waals surface area contributed by atoms with Gasteiger partial charge in [0.25, 0.3) is 0 Å². The van der Waals surface area contributed by atoms with Crippen molar-refractivity contribution in [3.05, 3.63) is 0 Å². The van der Waals surface area contributed by atoms with Crippen molar-refractivity contribution in [2.24, 2.45) is 5.92 Å². The van der Waals surface area contributed by atoms with Gasteiger partial charge in [-0.05, 0) is 32.9 Å². The second-order valence-corrected chi connectivity index (χ2v) is 6.17. The Labute approximate surface area is 114 Å². The largest absolute Gasteiger partial charge is 0.481 e. The molecule has 0 saturated carbocycles. The summed E-state index contributed by atoms with van der Waals surface area (Å²) < 4.78 is 5.41. The van der Waals surface area contributed by atoms with Gasteiger partial charge in [0.05, 0.1) is 19.1 Å². The van der Waals surface area contributed by atoms with Crippen LogP contribution in [0.4, 0.5) is 0 Å².